The zero-order valence-corrected chi connectivity index (χ0v) is 18.4. The summed E-state index contributed by atoms with van der Waals surface area (Å²) in [5, 5.41) is 6.15. The lowest BCUT2D eigenvalue weighted by molar-refractivity contribution is 0.0737. The molecule has 0 radical (unpaired) electrons. The first-order chi connectivity index (χ1) is 15.1. The van der Waals surface area contributed by atoms with E-state index < -0.39 is 0 Å². The molecule has 8 nitrogen and oxygen atoms in total. The van der Waals surface area contributed by atoms with Crippen LogP contribution in [0.2, 0.25) is 0 Å². The van der Waals surface area contributed by atoms with E-state index in [-0.39, 0.29) is 17.4 Å². The van der Waals surface area contributed by atoms with Gasteiger partial charge in [-0.3, -0.25) is 19.2 Å². The average molecular weight is 439 g/mol. The monoisotopic (exact) mass is 438 g/mol. The van der Waals surface area contributed by atoms with Crippen molar-refractivity contribution in [2.75, 3.05) is 19.6 Å². The molecule has 0 unspecified atom stereocenters. The summed E-state index contributed by atoms with van der Waals surface area (Å²) in [5.41, 5.74) is 2.57. The topological polar surface area (TPSA) is 87.1 Å². The number of aromatic amines is 1. The number of nitrogens with zero attached hydrogens (tertiary/aromatic N) is 5. The molecule has 1 atom stereocenters. The van der Waals surface area contributed by atoms with Crippen LogP contribution in [0.15, 0.2) is 34.7 Å². The van der Waals surface area contributed by atoms with Gasteiger partial charge in [0.25, 0.3) is 11.5 Å². The van der Waals surface area contributed by atoms with Crippen LogP contribution in [0.1, 0.15) is 51.1 Å². The molecular weight excluding hydrogens is 412 g/mol. The van der Waals surface area contributed by atoms with E-state index in [0.717, 1.165) is 44.0 Å². The maximum absolute atomic E-state index is 12.9. The molecule has 0 aliphatic carbocycles. The van der Waals surface area contributed by atoms with E-state index in [1.807, 2.05) is 41.6 Å². The van der Waals surface area contributed by atoms with Crippen LogP contribution in [0.5, 0.6) is 0 Å². The lowest BCUT2D eigenvalue weighted by atomic mass is 9.96. The average Bonchev–Trinajstić information content (AvgIpc) is 3.45. The number of aromatic nitrogens is 4. The van der Waals surface area contributed by atoms with E-state index in [9.17, 15) is 9.59 Å². The third-order valence-corrected chi connectivity index (χ3v) is 7.02. The number of hydrogen-bond acceptors (Lipinski definition) is 6. The summed E-state index contributed by atoms with van der Waals surface area (Å²) in [4.78, 5) is 38.4. The van der Waals surface area contributed by atoms with Crippen LogP contribution in [0, 0.1) is 0 Å². The number of rotatable bonds is 4. The predicted octanol–water partition coefficient (Wildman–Crippen LogP) is 2.14. The van der Waals surface area contributed by atoms with Crippen molar-refractivity contribution in [3.8, 4) is 0 Å². The van der Waals surface area contributed by atoms with Gasteiger partial charge in [0.1, 0.15) is 5.82 Å². The molecule has 2 aliphatic heterocycles. The first kappa shape index (κ1) is 20.1. The van der Waals surface area contributed by atoms with Gasteiger partial charge in [-0.1, -0.05) is 6.07 Å². The van der Waals surface area contributed by atoms with Gasteiger partial charge in [0.2, 0.25) is 0 Å². The Bertz CT molecular complexity index is 1140. The summed E-state index contributed by atoms with van der Waals surface area (Å²) in [5.74, 6) is 0.995. The van der Waals surface area contributed by atoms with Gasteiger partial charge in [0.15, 0.2) is 0 Å². The maximum atomic E-state index is 12.9. The number of hydrogen-bond donors (Lipinski definition) is 1. The van der Waals surface area contributed by atoms with Crippen molar-refractivity contribution in [1.29, 1.82) is 0 Å². The molecule has 0 saturated carbocycles. The summed E-state index contributed by atoms with van der Waals surface area (Å²) >= 11 is 1.43. The Kier molecular flexibility index (Phi) is 5.45. The molecule has 1 fully saturated rings. The van der Waals surface area contributed by atoms with E-state index in [0.29, 0.717) is 30.0 Å². The highest BCUT2D eigenvalue weighted by atomic mass is 32.1. The molecule has 162 valence electrons. The Labute approximate surface area is 184 Å². The number of aryl methyl sites for hydroxylation is 1. The molecule has 1 N–H and O–H groups in total. The Hall–Kier alpha value is -2.78. The minimum Gasteiger partial charge on any atom is -0.333 e. The largest absolute Gasteiger partial charge is 0.333 e. The minimum absolute atomic E-state index is 0.0116. The standard InChI is InChI=1S/C22H26N6O2S/c1-26-11-15(10-23-26)12-27-7-2-4-16(13-27)20-24-18-6-8-28(14-17(18)21(29)25-20)22(30)19-5-3-9-31-19/h3,5,9-11,16H,2,4,6-8,12-14H2,1H3,(H,24,25,29)/t16-/m0/s1. The number of nitrogens with one attached hydrogen (secondary N) is 1. The number of thiophene rings is 1. The van der Waals surface area contributed by atoms with Crippen LogP contribution in [0.25, 0.3) is 0 Å². The Morgan fingerprint density at radius 3 is 3.03 bits per heavy atom. The summed E-state index contributed by atoms with van der Waals surface area (Å²) in [6, 6.07) is 3.70. The van der Waals surface area contributed by atoms with Gasteiger partial charge < -0.3 is 9.88 Å². The lowest BCUT2D eigenvalue weighted by Gasteiger charge is -2.33. The van der Waals surface area contributed by atoms with Crippen LogP contribution < -0.4 is 5.56 Å². The van der Waals surface area contributed by atoms with Crippen molar-refractivity contribution >= 4 is 17.2 Å². The zero-order chi connectivity index (χ0) is 21.4. The molecule has 3 aromatic heterocycles. The third kappa shape index (κ3) is 4.20. The number of carbonyl (C=O) groups excluding carboxylic acids is 1. The smallest absolute Gasteiger partial charge is 0.264 e. The molecule has 1 amide bonds. The fourth-order valence-electron chi connectivity index (χ4n) is 4.60. The number of fused-ring (bicyclic) bond motifs is 1. The van der Waals surface area contributed by atoms with Gasteiger partial charge in [0.05, 0.1) is 28.9 Å². The van der Waals surface area contributed by atoms with Gasteiger partial charge >= 0.3 is 0 Å². The molecule has 3 aromatic rings. The van der Waals surface area contributed by atoms with Crippen molar-refractivity contribution in [1.82, 2.24) is 29.5 Å². The van der Waals surface area contributed by atoms with Gasteiger partial charge in [-0.2, -0.15) is 5.10 Å². The molecule has 0 spiro atoms. The van der Waals surface area contributed by atoms with Crippen molar-refractivity contribution < 1.29 is 4.79 Å². The van der Waals surface area contributed by atoms with Crippen LogP contribution in [0.3, 0.4) is 0 Å². The highest BCUT2D eigenvalue weighted by Crippen LogP contribution is 2.26. The van der Waals surface area contributed by atoms with Crippen LogP contribution in [-0.2, 0) is 26.6 Å². The Morgan fingerprint density at radius 2 is 2.26 bits per heavy atom. The van der Waals surface area contributed by atoms with Crippen LogP contribution in [0.4, 0.5) is 0 Å². The molecule has 0 bridgehead atoms. The van der Waals surface area contributed by atoms with E-state index in [4.69, 9.17) is 4.98 Å². The highest BCUT2D eigenvalue weighted by molar-refractivity contribution is 7.12. The van der Waals surface area contributed by atoms with E-state index in [2.05, 4.69) is 15.0 Å². The Morgan fingerprint density at radius 1 is 1.35 bits per heavy atom. The van der Waals surface area contributed by atoms with Crippen molar-refractivity contribution in [3.63, 3.8) is 0 Å². The van der Waals surface area contributed by atoms with Crippen LogP contribution in [-0.4, -0.2) is 55.1 Å². The van der Waals surface area contributed by atoms with E-state index in [1.165, 1.54) is 16.9 Å². The summed E-state index contributed by atoms with van der Waals surface area (Å²) < 4.78 is 1.83. The quantitative estimate of drug-likeness (QED) is 0.674. The minimum atomic E-state index is -0.104. The summed E-state index contributed by atoms with van der Waals surface area (Å²) in [7, 11) is 1.93. The van der Waals surface area contributed by atoms with Crippen molar-refractivity contribution in [2.45, 2.75) is 38.3 Å². The highest BCUT2D eigenvalue weighted by Gasteiger charge is 2.28. The Balaban J connectivity index is 1.31. The molecule has 2 aliphatic rings. The zero-order valence-electron chi connectivity index (χ0n) is 17.6. The second-order valence-electron chi connectivity index (χ2n) is 8.43. The second kappa shape index (κ2) is 8.39. The third-order valence-electron chi connectivity index (χ3n) is 6.16. The van der Waals surface area contributed by atoms with Gasteiger partial charge in [-0.05, 0) is 30.8 Å². The van der Waals surface area contributed by atoms with E-state index >= 15 is 0 Å². The number of amides is 1. The lowest BCUT2D eigenvalue weighted by Crippen LogP contribution is -2.40. The molecule has 9 heteroatoms. The predicted molar refractivity (Wildman–Crippen MR) is 118 cm³/mol. The van der Waals surface area contributed by atoms with E-state index in [1.54, 1.807) is 4.90 Å². The number of likely N-dealkylation sites (tertiary alicyclic amines) is 1. The molecule has 1 saturated heterocycles. The maximum Gasteiger partial charge on any atom is 0.264 e. The number of H-pyrrole nitrogens is 1. The fourth-order valence-corrected chi connectivity index (χ4v) is 5.29. The SMILES string of the molecule is Cn1cc(CN2CCC[C@H](c3nc4c(c(=O)[nH]3)CN(C(=O)c3cccs3)CC4)C2)cn1. The second-order valence-corrected chi connectivity index (χ2v) is 9.37. The fraction of sp³-hybridized carbons (Fsp3) is 0.455. The summed E-state index contributed by atoms with van der Waals surface area (Å²) in [6.07, 6.45) is 6.68. The number of piperidine rings is 1. The first-order valence-corrected chi connectivity index (χ1v) is 11.6. The molecule has 5 heterocycles. The van der Waals surface area contributed by atoms with Gasteiger partial charge in [-0.15, -0.1) is 11.3 Å². The molecule has 31 heavy (non-hydrogen) atoms. The van der Waals surface area contributed by atoms with Crippen molar-refractivity contribution in [3.05, 3.63) is 67.8 Å². The van der Waals surface area contributed by atoms with Crippen molar-refractivity contribution in [2.24, 2.45) is 7.05 Å². The molecule has 5 rings (SSSR count). The summed E-state index contributed by atoms with van der Waals surface area (Å²) in [6.45, 7) is 3.70. The number of carbonyl (C=O) groups is 1. The molecular formula is C22H26N6O2S. The first-order valence-electron chi connectivity index (χ1n) is 10.7. The normalized spacial score (nSPS) is 19.4. The van der Waals surface area contributed by atoms with Gasteiger partial charge in [0, 0.05) is 50.8 Å². The van der Waals surface area contributed by atoms with Gasteiger partial charge in [-0.25, -0.2) is 4.98 Å². The van der Waals surface area contributed by atoms with Crippen LogP contribution >= 0.6 is 11.3 Å². The molecule has 0 aromatic carbocycles.